The average Bonchev–Trinajstić information content (AvgIpc) is 2.63. The maximum Gasteiger partial charge on any atom is 0.270 e. The fraction of sp³-hybridized carbons (Fsp3) is 0.0526. The van der Waals surface area contributed by atoms with Crippen LogP contribution >= 0.6 is 11.6 Å². The Kier molecular flexibility index (Phi) is 5.26. The number of amides is 1. The number of aromatic nitrogens is 1. The molecule has 6 heteroatoms. The van der Waals surface area contributed by atoms with Crippen molar-refractivity contribution in [1.29, 1.82) is 0 Å². The van der Waals surface area contributed by atoms with Gasteiger partial charge in [0.2, 0.25) is 0 Å². The van der Waals surface area contributed by atoms with Crippen molar-refractivity contribution in [2.24, 2.45) is 0 Å². The van der Waals surface area contributed by atoms with Crippen LogP contribution in [0.2, 0.25) is 5.02 Å². The summed E-state index contributed by atoms with van der Waals surface area (Å²) in [4.78, 5) is 16.3. The molecular formula is C19H15ClFN3O. The third-order valence-electron chi connectivity index (χ3n) is 3.53. The largest absolute Gasteiger partial charge is 0.354 e. The molecule has 0 saturated carbocycles. The number of pyridine rings is 1. The predicted octanol–water partition coefficient (Wildman–Crippen LogP) is 4.55. The zero-order chi connectivity index (χ0) is 17.6. The summed E-state index contributed by atoms with van der Waals surface area (Å²) in [6.07, 6.45) is 1.55. The van der Waals surface area contributed by atoms with E-state index in [0.29, 0.717) is 22.9 Å². The fourth-order valence-corrected chi connectivity index (χ4v) is 2.41. The van der Waals surface area contributed by atoms with E-state index in [1.54, 1.807) is 36.5 Å². The molecule has 0 unspecified atom stereocenters. The monoisotopic (exact) mass is 355 g/mol. The topological polar surface area (TPSA) is 54.0 Å². The van der Waals surface area contributed by atoms with Crippen LogP contribution in [0.3, 0.4) is 0 Å². The number of halogens is 2. The smallest absolute Gasteiger partial charge is 0.270 e. The van der Waals surface area contributed by atoms with E-state index in [-0.39, 0.29) is 11.7 Å². The first-order valence-corrected chi connectivity index (χ1v) is 8.00. The second-order valence-corrected chi connectivity index (χ2v) is 5.75. The standard InChI is InChI=1S/C19H15ClFN3O/c20-17-4-2-1-3-13(17)11-23-19(25)18-10-9-16(12-22-18)24-15-7-5-14(21)6-8-15/h1-10,12,24H,11H2,(H,23,25). The van der Waals surface area contributed by atoms with Gasteiger partial charge in [-0.3, -0.25) is 4.79 Å². The van der Waals surface area contributed by atoms with Gasteiger partial charge in [-0.25, -0.2) is 9.37 Å². The summed E-state index contributed by atoms with van der Waals surface area (Å²) >= 11 is 6.06. The summed E-state index contributed by atoms with van der Waals surface area (Å²) in [5.74, 6) is -0.581. The highest BCUT2D eigenvalue weighted by Crippen LogP contribution is 2.17. The van der Waals surface area contributed by atoms with Crippen molar-refractivity contribution in [3.8, 4) is 0 Å². The molecule has 1 aromatic heterocycles. The molecule has 2 N–H and O–H groups in total. The molecule has 0 aliphatic heterocycles. The molecular weight excluding hydrogens is 341 g/mol. The van der Waals surface area contributed by atoms with Crippen LogP contribution in [0.1, 0.15) is 16.1 Å². The molecule has 0 saturated heterocycles. The molecule has 0 aliphatic rings. The Labute approximate surface area is 149 Å². The Morgan fingerprint density at radius 2 is 1.72 bits per heavy atom. The first-order chi connectivity index (χ1) is 12.1. The molecule has 1 amide bonds. The van der Waals surface area contributed by atoms with Gasteiger partial charge in [0.05, 0.1) is 11.9 Å². The minimum Gasteiger partial charge on any atom is -0.354 e. The maximum absolute atomic E-state index is 12.9. The molecule has 25 heavy (non-hydrogen) atoms. The Balaban J connectivity index is 1.60. The number of rotatable bonds is 5. The number of hydrogen-bond donors (Lipinski definition) is 2. The lowest BCUT2D eigenvalue weighted by molar-refractivity contribution is 0.0946. The van der Waals surface area contributed by atoms with Crippen molar-refractivity contribution < 1.29 is 9.18 Å². The molecule has 0 fully saturated rings. The Hall–Kier alpha value is -2.92. The summed E-state index contributed by atoms with van der Waals surface area (Å²) in [5.41, 5.74) is 2.58. The van der Waals surface area contributed by atoms with Gasteiger partial charge in [-0.1, -0.05) is 29.8 Å². The number of nitrogens with one attached hydrogen (secondary N) is 2. The van der Waals surface area contributed by atoms with E-state index in [1.165, 1.54) is 12.1 Å². The number of anilines is 2. The van der Waals surface area contributed by atoms with Crippen LogP contribution < -0.4 is 10.6 Å². The molecule has 0 atom stereocenters. The van der Waals surface area contributed by atoms with Crippen LogP contribution in [0.4, 0.5) is 15.8 Å². The zero-order valence-corrected chi connectivity index (χ0v) is 13.9. The summed E-state index contributed by atoms with van der Waals surface area (Å²) in [6.45, 7) is 0.329. The van der Waals surface area contributed by atoms with Gasteiger partial charge in [0.15, 0.2) is 0 Å². The molecule has 1 heterocycles. The fourth-order valence-electron chi connectivity index (χ4n) is 2.21. The first-order valence-electron chi connectivity index (χ1n) is 7.62. The third kappa shape index (κ3) is 4.55. The highest BCUT2D eigenvalue weighted by atomic mass is 35.5. The number of carbonyl (C=O) groups is 1. The molecule has 0 radical (unpaired) electrons. The van der Waals surface area contributed by atoms with Crippen molar-refractivity contribution in [3.05, 3.63) is 89.0 Å². The lowest BCUT2D eigenvalue weighted by Crippen LogP contribution is -2.23. The van der Waals surface area contributed by atoms with E-state index in [9.17, 15) is 9.18 Å². The molecule has 0 bridgehead atoms. The number of benzene rings is 2. The maximum atomic E-state index is 12.9. The van der Waals surface area contributed by atoms with Crippen LogP contribution in [0, 0.1) is 5.82 Å². The quantitative estimate of drug-likeness (QED) is 0.706. The molecule has 126 valence electrons. The molecule has 3 rings (SSSR count). The summed E-state index contributed by atoms with van der Waals surface area (Å²) in [7, 11) is 0. The normalized spacial score (nSPS) is 10.3. The van der Waals surface area contributed by atoms with Crippen molar-refractivity contribution in [3.63, 3.8) is 0 Å². The minimum absolute atomic E-state index is 0.284. The summed E-state index contributed by atoms with van der Waals surface area (Å²) in [6, 6.07) is 16.7. The van der Waals surface area contributed by atoms with Crippen LogP contribution in [0.25, 0.3) is 0 Å². The molecule has 0 spiro atoms. The third-order valence-corrected chi connectivity index (χ3v) is 3.89. The van der Waals surface area contributed by atoms with Gasteiger partial charge in [-0.15, -0.1) is 0 Å². The number of nitrogens with zero attached hydrogens (tertiary/aromatic N) is 1. The van der Waals surface area contributed by atoms with Crippen molar-refractivity contribution in [2.75, 3.05) is 5.32 Å². The summed E-state index contributed by atoms with van der Waals surface area (Å²) in [5, 5.41) is 6.47. The van der Waals surface area contributed by atoms with Crippen LogP contribution in [-0.4, -0.2) is 10.9 Å². The molecule has 0 aliphatic carbocycles. The predicted molar refractivity (Wildman–Crippen MR) is 96.5 cm³/mol. The van der Waals surface area contributed by atoms with E-state index >= 15 is 0 Å². The van der Waals surface area contributed by atoms with Crippen molar-refractivity contribution in [2.45, 2.75) is 6.54 Å². The molecule has 4 nitrogen and oxygen atoms in total. The van der Waals surface area contributed by atoms with Gasteiger partial charge in [0, 0.05) is 17.3 Å². The van der Waals surface area contributed by atoms with Gasteiger partial charge in [0.25, 0.3) is 5.91 Å². The highest BCUT2D eigenvalue weighted by molar-refractivity contribution is 6.31. The number of hydrogen-bond acceptors (Lipinski definition) is 3. The van der Waals surface area contributed by atoms with E-state index in [1.807, 2.05) is 18.2 Å². The second-order valence-electron chi connectivity index (χ2n) is 5.34. The lowest BCUT2D eigenvalue weighted by Gasteiger charge is -2.08. The lowest BCUT2D eigenvalue weighted by atomic mass is 10.2. The Morgan fingerprint density at radius 3 is 2.40 bits per heavy atom. The van der Waals surface area contributed by atoms with Gasteiger partial charge >= 0.3 is 0 Å². The minimum atomic E-state index is -0.297. The van der Waals surface area contributed by atoms with Crippen molar-refractivity contribution >= 4 is 28.9 Å². The SMILES string of the molecule is O=C(NCc1ccccc1Cl)c1ccc(Nc2ccc(F)cc2)cn1. The van der Waals surface area contributed by atoms with Gasteiger partial charge < -0.3 is 10.6 Å². The van der Waals surface area contributed by atoms with E-state index in [0.717, 1.165) is 11.3 Å². The van der Waals surface area contributed by atoms with Gasteiger partial charge in [-0.05, 0) is 48.0 Å². The average molecular weight is 356 g/mol. The van der Waals surface area contributed by atoms with Gasteiger partial charge in [0.1, 0.15) is 11.5 Å². The van der Waals surface area contributed by atoms with E-state index < -0.39 is 0 Å². The Morgan fingerprint density at radius 1 is 1.00 bits per heavy atom. The highest BCUT2D eigenvalue weighted by Gasteiger charge is 2.08. The van der Waals surface area contributed by atoms with Crippen LogP contribution in [0.5, 0.6) is 0 Å². The van der Waals surface area contributed by atoms with E-state index in [4.69, 9.17) is 11.6 Å². The second kappa shape index (κ2) is 7.77. The van der Waals surface area contributed by atoms with Gasteiger partial charge in [-0.2, -0.15) is 0 Å². The Bertz CT molecular complexity index is 867. The zero-order valence-electron chi connectivity index (χ0n) is 13.2. The van der Waals surface area contributed by atoms with Crippen LogP contribution in [-0.2, 0) is 6.54 Å². The van der Waals surface area contributed by atoms with E-state index in [2.05, 4.69) is 15.6 Å². The molecule has 3 aromatic rings. The number of carbonyl (C=O) groups excluding carboxylic acids is 1. The van der Waals surface area contributed by atoms with Crippen molar-refractivity contribution in [1.82, 2.24) is 10.3 Å². The first kappa shape index (κ1) is 16.9. The molecule has 2 aromatic carbocycles. The van der Waals surface area contributed by atoms with Crippen LogP contribution in [0.15, 0.2) is 66.9 Å². The summed E-state index contributed by atoms with van der Waals surface area (Å²) < 4.78 is 12.9.